The van der Waals surface area contributed by atoms with Crippen molar-refractivity contribution in [2.24, 2.45) is 0 Å². The standard InChI is InChI=1S/C10H15NO4S/c1-2-11(6-7-12)16(14,15)10-5-3-4-9(13)8-10/h3-5,8,12-13H,2,6-7H2,1H3. The molecule has 0 amide bonds. The molecule has 0 aliphatic heterocycles. The monoisotopic (exact) mass is 245 g/mol. The lowest BCUT2D eigenvalue weighted by Crippen LogP contribution is -2.33. The number of phenols is 1. The van der Waals surface area contributed by atoms with Crippen LogP contribution in [0.4, 0.5) is 0 Å². The molecule has 16 heavy (non-hydrogen) atoms. The van der Waals surface area contributed by atoms with Gasteiger partial charge < -0.3 is 10.2 Å². The summed E-state index contributed by atoms with van der Waals surface area (Å²) >= 11 is 0. The number of rotatable bonds is 5. The molecule has 6 heteroatoms. The minimum atomic E-state index is -3.62. The van der Waals surface area contributed by atoms with E-state index in [0.717, 1.165) is 4.31 Å². The lowest BCUT2D eigenvalue weighted by molar-refractivity contribution is 0.257. The van der Waals surface area contributed by atoms with Gasteiger partial charge in [0.05, 0.1) is 11.5 Å². The van der Waals surface area contributed by atoms with Gasteiger partial charge in [-0.2, -0.15) is 4.31 Å². The van der Waals surface area contributed by atoms with Gasteiger partial charge >= 0.3 is 0 Å². The van der Waals surface area contributed by atoms with E-state index < -0.39 is 10.0 Å². The summed E-state index contributed by atoms with van der Waals surface area (Å²) in [6.45, 7) is 1.79. The molecule has 0 heterocycles. The summed E-state index contributed by atoms with van der Waals surface area (Å²) in [6, 6.07) is 5.47. The van der Waals surface area contributed by atoms with Crippen LogP contribution in [-0.2, 0) is 10.0 Å². The van der Waals surface area contributed by atoms with Crippen LogP contribution < -0.4 is 0 Å². The zero-order valence-corrected chi connectivity index (χ0v) is 9.81. The molecule has 90 valence electrons. The molecule has 0 aromatic heterocycles. The van der Waals surface area contributed by atoms with Gasteiger partial charge in [0.25, 0.3) is 0 Å². The molecule has 0 fully saturated rings. The van der Waals surface area contributed by atoms with Gasteiger partial charge in [0.2, 0.25) is 10.0 Å². The van der Waals surface area contributed by atoms with Gasteiger partial charge in [0, 0.05) is 13.1 Å². The van der Waals surface area contributed by atoms with E-state index in [0.29, 0.717) is 0 Å². The van der Waals surface area contributed by atoms with Crippen LogP contribution in [0.25, 0.3) is 0 Å². The zero-order chi connectivity index (χ0) is 12.2. The number of sulfonamides is 1. The maximum atomic E-state index is 12.0. The number of hydrogen-bond donors (Lipinski definition) is 2. The Hall–Kier alpha value is -1.11. The molecule has 5 nitrogen and oxygen atoms in total. The van der Waals surface area contributed by atoms with Crippen LogP contribution in [0.5, 0.6) is 5.75 Å². The predicted molar refractivity (Wildman–Crippen MR) is 59.6 cm³/mol. The third-order valence-electron chi connectivity index (χ3n) is 2.16. The third-order valence-corrected chi connectivity index (χ3v) is 4.13. The lowest BCUT2D eigenvalue weighted by atomic mass is 10.3. The summed E-state index contributed by atoms with van der Waals surface area (Å²) < 4.78 is 25.2. The highest BCUT2D eigenvalue weighted by atomic mass is 32.2. The Balaban J connectivity index is 3.09. The summed E-state index contributed by atoms with van der Waals surface area (Å²) in [4.78, 5) is 0.0304. The van der Waals surface area contributed by atoms with Crippen molar-refractivity contribution in [2.45, 2.75) is 11.8 Å². The Bertz CT molecular complexity index is 444. The molecular weight excluding hydrogens is 230 g/mol. The van der Waals surface area contributed by atoms with E-state index in [1.165, 1.54) is 24.3 Å². The molecule has 0 aliphatic carbocycles. The molecule has 1 aromatic carbocycles. The van der Waals surface area contributed by atoms with E-state index >= 15 is 0 Å². The summed E-state index contributed by atoms with van der Waals surface area (Å²) in [6.07, 6.45) is 0. The second kappa shape index (κ2) is 5.29. The molecular formula is C10H15NO4S. The van der Waals surface area contributed by atoms with Gasteiger partial charge in [-0.15, -0.1) is 0 Å². The van der Waals surface area contributed by atoms with Crippen LogP contribution in [0.15, 0.2) is 29.2 Å². The van der Waals surface area contributed by atoms with Gasteiger partial charge in [-0.1, -0.05) is 13.0 Å². The average molecular weight is 245 g/mol. The first kappa shape index (κ1) is 13.0. The maximum absolute atomic E-state index is 12.0. The molecule has 0 unspecified atom stereocenters. The largest absolute Gasteiger partial charge is 0.508 e. The van der Waals surface area contributed by atoms with E-state index in [1.807, 2.05) is 0 Å². The van der Waals surface area contributed by atoms with Crippen molar-refractivity contribution in [1.29, 1.82) is 0 Å². The molecule has 0 radical (unpaired) electrons. The van der Waals surface area contributed by atoms with Crippen LogP contribution in [0, 0.1) is 0 Å². The number of nitrogens with zero attached hydrogens (tertiary/aromatic N) is 1. The Morgan fingerprint density at radius 3 is 2.56 bits per heavy atom. The number of aliphatic hydroxyl groups is 1. The van der Waals surface area contributed by atoms with Crippen molar-refractivity contribution in [3.05, 3.63) is 24.3 Å². The first-order chi connectivity index (χ1) is 7.52. The fourth-order valence-corrected chi connectivity index (χ4v) is 2.83. The van der Waals surface area contributed by atoms with Crippen LogP contribution in [0.2, 0.25) is 0 Å². The Labute approximate surface area is 95.0 Å². The number of aliphatic hydroxyl groups excluding tert-OH is 1. The minimum Gasteiger partial charge on any atom is -0.508 e. The van der Waals surface area contributed by atoms with Crippen molar-refractivity contribution >= 4 is 10.0 Å². The fourth-order valence-electron chi connectivity index (χ4n) is 1.35. The van der Waals surface area contributed by atoms with Crippen LogP contribution >= 0.6 is 0 Å². The molecule has 1 aromatic rings. The Kier molecular flexibility index (Phi) is 4.28. The molecule has 0 spiro atoms. The van der Waals surface area contributed by atoms with Crippen molar-refractivity contribution < 1.29 is 18.6 Å². The van der Waals surface area contributed by atoms with Crippen LogP contribution in [0.3, 0.4) is 0 Å². The van der Waals surface area contributed by atoms with E-state index in [-0.39, 0.29) is 30.3 Å². The SMILES string of the molecule is CCN(CCO)S(=O)(=O)c1cccc(O)c1. The number of aromatic hydroxyl groups is 1. The number of likely N-dealkylation sites (N-methyl/N-ethyl adjacent to an activating group) is 1. The quantitative estimate of drug-likeness (QED) is 0.787. The molecule has 1 rings (SSSR count). The van der Waals surface area contributed by atoms with Crippen molar-refractivity contribution in [3.63, 3.8) is 0 Å². The van der Waals surface area contributed by atoms with Gasteiger partial charge in [0.15, 0.2) is 0 Å². The maximum Gasteiger partial charge on any atom is 0.243 e. The second-order valence-corrected chi connectivity index (χ2v) is 5.16. The number of phenolic OH excluding ortho intramolecular Hbond substituents is 1. The van der Waals surface area contributed by atoms with Crippen molar-refractivity contribution in [1.82, 2.24) is 4.31 Å². The molecule has 0 saturated heterocycles. The summed E-state index contributed by atoms with van der Waals surface area (Å²) in [5.41, 5.74) is 0. The first-order valence-electron chi connectivity index (χ1n) is 4.92. The predicted octanol–water partition coefficient (Wildman–Crippen LogP) is 0.395. The zero-order valence-electron chi connectivity index (χ0n) is 9.00. The normalized spacial score (nSPS) is 11.9. The van der Waals surface area contributed by atoms with E-state index in [2.05, 4.69) is 0 Å². The minimum absolute atomic E-state index is 0.0304. The molecule has 2 N–H and O–H groups in total. The summed E-state index contributed by atoms with van der Waals surface area (Å²) in [5, 5.41) is 18.0. The van der Waals surface area contributed by atoms with E-state index in [9.17, 15) is 13.5 Å². The summed E-state index contributed by atoms with van der Waals surface area (Å²) in [5.74, 6) is -0.0962. The van der Waals surface area contributed by atoms with Gasteiger partial charge in [0.1, 0.15) is 5.75 Å². The van der Waals surface area contributed by atoms with Crippen molar-refractivity contribution in [2.75, 3.05) is 19.7 Å². The number of hydrogen-bond acceptors (Lipinski definition) is 4. The lowest BCUT2D eigenvalue weighted by Gasteiger charge is -2.19. The molecule has 0 atom stereocenters. The highest BCUT2D eigenvalue weighted by molar-refractivity contribution is 7.89. The Morgan fingerprint density at radius 2 is 2.06 bits per heavy atom. The fraction of sp³-hybridized carbons (Fsp3) is 0.400. The van der Waals surface area contributed by atoms with Crippen molar-refractivity contribution in [3.8, 4) is 5.75 Å². The number of benzene rings is 1. The van der Waals surface area contributed by atoms with Gasteiger partial charge in [-0.25, -0.2) is 8.42 Å². The first-order valence-corrected chi connectivity index (χ1v) is 6.36. The average Bonchev–Trinajstić information content (AvgIpc) is 2.25. The summed E-state index contributed by atoms with van der Waals surface area (Å²) in [7, 11) is -3.62. The Morgan fingerprint density at radius 1 is 1.38 bits per heavy atom. The topological polar surface area (TPSA) is 77.8 Å². The van der Waals surface area contributed by atoms with Gasteiger partial charge in [-0.05, 0) is 18.2 Å². The van der Waals surface area contributed by atoms with Crippen LogP contribution in [-0.4, -0.2) is 42.6 Å². The molecule has 0 bridgehead atoms. The van der Waals surface area contributed by atoms with E-state index in [1.54, 1.807) is 6.92 Å². The highest BCUT2D eigenvalue weighted by Gasteiger charge is 2.22. The molecule has 0 saturated carbocycles. The van der Waals surface area contributed by atoms with Gasteiger partial charge in [-0.3, -0.25) is 0 Å². The smallest absolute Gasteiger partial charge is 0.243 e. The second-order valence-electron chi connectivity index (χ2n) is 3.22. The molecule has 0 aliphatic rings. The highest BCUT2D eigenvalue weighted by Crippen LogP contribution is 2.19. The third kappa shape index (κ3) is 2.72. The van der Waals surface area contributed by atoms with E-state index in [4.69, 9.17) is 5.11 Å². The van der Waals surface area contributed by atoms with Crippen LogP contribution in [0.1, 0.15) is 6.92 Å².